The Labute approximate surface area is 69.5 Å². The summed E-state index contributed by atoms with van der Waals surface area (Å²) in [5, 5.41) is 0. The van der Waals surface area contributed by atoms with Crippen molar-refractivity contribution in [1.29, 1.82) is 0 Å². The first kappa shape index (κ1) is 10.2. The minimum Gasteiger partial charge on any atom is -0.269 e. The molecule has 0 N–H and O–H groups in total. The second kappa shape index (κ2) is 4.89. The van der Waals surface area contributed by atoms with Crippen LogP contribution in [0.2, 0.25) is 0 Å². The molecular formula is C10H17N. The summed E-state index contributed by atoms with van der Waals surface area (Å²) in [5.41, 5.74) is 2.28. The number of hydrogen-bond acceptors (Lipinski definition) is 1. The lowest BCUT2D eigenvalue weighted by molar-refractivity contribution is 0.744. The maximum absolute atomic E-state index is 3.99. The van der Waals surface area contributed by atoms with Gasteiger partial charge >= 0.3 is 0 Å². The van der Waals surface area contributed by atoms with E-state index in [1.165, 1.54) is 5.57 Å². The van der Waals surface area contributed by atoms with Crippen LogP contribution in [0.25, 0.3) is 0 Å². The van der Waals surface area contributed by atoms with Gasteiger partial charge in [0.1, 0.15) is 0 Å². The van der Waals surface area contributed by atoms with Crippen molar-refractivity contribution in [3.63, 3.8) is 0 Å². The van der Waals surface area contributed by atoms with Crippen LogP contribution in [0.1, 0.15) is 27.2 Å². The van der Waals surface area contributed by atoms with Crippen LogP contribution in [0.15, 0.2) is 28.9 Å². The van der Waals surface area contributed by atoms with E-state index in [9.17, 15) is 0 Å². The van der Waals surface area contributed by atoms with E-state index in [2.05, 4.69) is 39.1 Å². The van der Waals surface area contributed by atoms with Crippen molar-refractivity contribution in [2.45, 2.75) is 27.2 Å². The smallest absolute Gasteiger partial charge is 0.0453 e. The highest BCUT2D eigenvalue weighted by molar-refractivity contribution is 5.34. The van der Waals surface area contributed by atoms with E-state index >= 15 is 0 Å². The highest BCUT2D eigenvalue weighted by atomic mass is 14.7. The van der Waals surface area contributed by atoms with Crippen LogP contribution in [0.5, 0.6) is 0 Å². The molecule has 0 atom stereocenters. The molecule has 0 aliphatic heterocycles. The Morgan fingerprint density at radius 1 is 1.55 bits per heavy atom. The molecule has 0 saturated carbocycles. The molecule has 0 aliphatic rings. The van der Waals surface area contributed by atoms with E-state index in [-0.39, 0.29) is 0 Å². The molecule has 62 valence electrons. The lowest BCUT2D eigenvalue weighted by atomic mass is 10.0. The minimum absolute atomic E-state index is 0.445. The van der Waals surface area contributed by atoms with Gasteiger partial charge in [-0.1, -0.05) is 33.4 Å². The third-order valence-electron chi connectivity index (χ3n) is 1.67. The molecule has 0 aliphatic carbocycles. The molecule has 0 spiro atoms. The van der Waals surface area contributed by atoms with Gasteiger partial charge in [0.2, 0.25) is 0 Å². The van der Waals surface area contributed by atoms with Crippen molar-refractivity contribution in [2.24, 2.45) is 10.9 Å². The maximum atomic E-state index is 3.99. The highest BCUT2D eigenvalue weighted by Gasteiger charge is 2.03. The molecule has 0 aromatic heterocycles. The van der Waals surface area contributed by atoms with Crippen molar-refractivity contribution in [2.75, 3.05) is 0 Å². The van der Waals surface area contributed by atoms with Gasteiger partial charge in [-0.25, -0.2) is 0 Å². The fraction of sp³-hybridized carbons (Fsp3) is 0.500. The average molecular weight is 151 g/mol. The van der Waals surface area contributed by atoms with Crippen molar-refractivity contribution in [3.8, 4) is 0 Å². The van der Waals surface area contributed by atoms with Crippen LogP contribution in [-0.2, 0) is 0 Å². The van der Waals surface area contributed by atoms with Crippen molar-refractivity contribution < 1.29 is 0 Å². The number of nitrogens with zero attached hydrogens (tertiary/aromatic N) is 1. The third-order valence-corrected chi connectivity index (χ3v) is 1.67. The lowest BCUT2D eigenvalue weighted by Gasteiger charge is -2.08. The molecule has 0 heterocycles. The Morgan fingerprint density at radius 3 is 2.18 bits per heavy atom. The largest absolute Gasteiger partial charge is 0.269 e. The third kappa shape index (κ3) is 2.71. The van der Waals surface area contributed by atoms with Crippen molar-refractivity contribution in [3.05, 3.63) is 23.9 Å². The number of rotatable bonds is 4. The molecule has 0 rings (SSSR count). The summed E-state index contributed by atoms with van der Waals surface area (Å²) in [7, 11) is 0. The molecular weight excluding hydrogens is 134 g/mol. The average Bonchev–Trinajstić information content (AvgIpc) is 1.99. The first-order chi connectivity index (χ1) is 5.17. The minimum atomic E-state index is 0.445. The maximum Gasteiger partial charge on any atom is 0.0453 e. The lowest BCUT2D eigenvalue weighted by Crippen LogP contribution is -1.94. The van der Waals surface area contributed by atoms with E-state index in [0.29, 0.717) is 5.92 Å². The number of hydrogen-bond donors (Lipinski definition) is 0. The standard InChI is InChI=1S/C10H17N/c1-6-9(7-2)10(11-5)8(3)4/h6,8H,1,5,7H2,2-4H3/b10-9+. The predicted octanol–water partition coefficient (Wildman–Crippen LogP) is 3.19. The fourth-order valence-corrected chi connectivity index (χ4v) is 1.08. The zero-order chi connectivity index (χ0) is 8.85. The second-order valence-corrected chi connectivity index (χ2v) is 2.78. The quantitative estimate of drug-likeness (QED) is 0.432. The Bertz CT molecular complexity index is 175. The van der Waals surface area contributed by atoms with Crippen LogP contribution in [0, 0.1) is 5.92 Å². The normalized spacial score (nSPS) is 12.7. The van der Waals surface area contributed by atoms with E-state index in [1.807, 2.05) is 6.08 Å². The molecule has 1 heteroatoms. The zero-order valence-electron chi connectivity index (χ0n) is 7.72. The van der Waals surface area contributed by atoms with Gasteiger partial charge in [0.25, 0.3) is 0 Å². The van der Waals surface area contributed by atoms with Gasteiger partial charge in [0.15, 0.2) is 0 Å². The molecule has 0 saturated heterocycles. The Balaban J connectivity index is 4.76. The molecule has 11 heavy (non-hydrogen) atoms. The van der Waals surface area contributed by atoms with Gasteiger partial charge in [0, 0.05) is 5.70 Å². The van der Waals surface area contributed by atoms with Gasteiger partial charge in [-0.2, -0.15) is 0 Å². The monoisotopic (exact) mass is 151 g/mol. The van der Waals surface area contributed by atoms with Crippen molar-refractivity contribution >= 4 is 6.72 Å². The van der Waals surface area contributed by atoms with Crippen LogP contribution < -0.4 is 0 Å². The van der Waals surface area contributed by atoms with Gasteiger partial charge in [-0.15, -0.1) is 0 Å². The van der Waals surface area contributed by atoms with Crippen LogP contribution in [0.3, 0.4) is 0 Å². The molecule has 0 aromatic rings. The van der Waals surface area contributed by atoms with Crippen LogP contribution in [-0.4, -0.2) is 6.72 Å². The Kier molecular flexibility index (Phi) is 4.51. The first-order valence-electron chi connectivity index (χ1n) is 3.99. The van der Waals surface area contributed by atoms with Gasteiger partial charge in [-0.05, 0) is 24.6 Å². The SMILES string of the molecule is C=C/C(CC)=C(\N=C)C(C)C. The molecule has 1 nitrogen and oxygen atoms in total. The first-order valence-corrected chi connectivity index (χ1v) is 3.99. The topological polar surface area (TPSA) is 12.4 Å². The molecule has 0 radical (unpaired) electrons. The predicted molar refractivity (Wildman–Crippen MR) is 51.9 cm³/mol. The highest BCUT2D eigenvalue weighted by Crippen LogP contribution is 2.18. The fourth-order valence-electron chi connectivity index (χ4n) is 1.08. The summed E-state index contributed by atoms with van der Waals surface area (Å²) in [6, 6.07) is 0. The summed E-state index contributed by atoms with van der Waals surface area (Å²) < 4.78 is 0. The van der Waals surface area contributed by atoms with Gasteiger partial charge < -0.3 is 0 Å². The molecule has 0 aromatic carbocycles. The summed E-state index contributed by atoms with van der Waals surface area (Å²) in [4.78, 5) is 3.99. The van der Waals surface area contributed by atoms with Crippen molar-refractivity contribution in [1.82, 2.24) is 0 Å². The second-order valence-electron chi connectivity index (χ2n) is 2.78. The Hall–Kier alpha value is -0.850. The van der Waals surface area contributed by atoms with E-state index in [4.69, 9.17) is 0 Å². The molecule has 0 amide bonds. The van der Waals surface area contributed by atoms with E-state index in [1.54, 1.807) is 0 Å². The van der Waals surface area contributed by atoms with Crippen LogP contribution >= 0.6 is 0 Å². The summed E-state index contributed by atoms with van der Waals surface area (Å²) in [5.74, 6) is 0.445. The van der Waals surface area contributed by atoms with E-state index in [0.717, 1.165) is 12.1 Å². The van der Waals surface area contributed by atoms with Crippen LogP contribution in [0.4, 0.5) is 0 Å². The van der Waals surface area contributed by atoms with Gasteiger partial charge in [-0.3, -0.25) is 4.99 Å². The number of aliphatic imine (C=N–C) groups is 1. The molecule has 0 unspecified atom stereocenters. The summed E-state index contributed by atoms with van der Waals surface area (Å²) in [6.07, 6.45) is 2.85. The molecule has 0 fully saturated rings. The summed E-state index contributed by atoms with van der Waals surface area (Å²) in [6.45, 7) is 13.6. The van der Waals surface area contributed by atoms with E-state index < -0.39 is 0 Å². The Morgan fingerprint density at radius 2 is 2.09 bits per heavy atom. The molecule has 0 bridgehead atoms. The number of allylic oxidation sites excluding steroid dienone is 3. The van der Waals surface area contributed by atoms with Gasteiger partial charge in [0.05, 0.1) is 0 Å². The zero-order valence-corrected chi connectivity index (χ0v) is 7.72. The summed E-state index contributed by atoms with van der Waals surface area (Å²) >= 11 is 0.